The van der Waals surface area contributed by atoms with Crippen LogP contribution in [0.25, 0.3) is 6.08 Å². The van der Waals surface area contributed by atoms with E-state index in [1.807, 2.05) is 55.6 Å². The molecule has 234 valence electrons. The molecule has 0 N–H and O–H groups in total. The summed E-state index contributed by atoms with van der Waals surface area (Å²) in [5.74, 6) is 1.68. The van der Waals surface area contributed by atoms with Gasteiger partial charge in [0.1, 0.15) is 18.1 Å². The molecule has 7 heteroatoms. The Bertz CT molecular complexity index is 1520. The van der Waals surface area contributed by atoms with Crippen molar-refractivity contribution in [3.05, 3.63) is 132 Å². The van der Waals surface area contributed by atoms with E-state index in [1.54, 1.807) is 43.5 Å². The molecular weight excluding hydrogens is 566 g/mol. The number of aliphatic imine (C=N–C) groups is 1. The van der Waals surface area contributed by atoms with Gasteiger partial charge in [-0.05, 0) is 103 Å². The maximum absolute atomic E-state index is 12.7. The lowest BCUT2D eigenvalue weighted by atomic mass is 10.0. The van der Waals surface area contributed by atoms with Gasteiger partial charge in [-0.3, -0.25) is 4.99 Å². The number of esters is 1. The Kier molecular flexibility index (Phi) is 12.9. The Morgan fingerprint density at radius 1 is 0.911 bits per heavy atom. The van der Waals surface area contributed by atoms with Crippen molar-refractivity contribution in [3.8, 4) is 11.5 Å². The van der Waals surface area contributed by atoms with Gasteiger partial charge in [0.25, 0.3) is 0 Å². The smallest absolute Gasteiger partial charge is 0.343 e. The lowest BCUT2D eigenvalue weighted by molar-refractivity contribution is -0.0913. The molecule has 45 heavy (non-hydrogen) atoms. The molecule has 0 aliphatic heterocycles. The minimum Gasteiger partial charge on any atom is -0.494 e. The van der Waals surface area contributed by atoms with Crippen molar-refractivity contribution in [1.82, 2.24) is 0 Å². The lowest BCUT2D eigenvalue weighted by Crippen LogP contribution is -2.13. The third-order valence-electron chi connectivity index (χ3n) is 7.14. The van der Waals surface area contributed by atoms with Crippen LogP contribution in [0.1, 0.15) is 52.7 Å². The van der Waals surface area contributed by atoms with E-state index in [4.69, 9.17) is 23.7 Å². The minimum absolute atomic E-state index is 0.385. The fourth-order valence-corrected chi connectivity index (χ4v) is 4.46. The van der Waals surface area contributed by atoms with Crippen LogP contribution in [0.4, 0.5) is 5.69 Å². The fourth-order valence-electron chi connectivity index (χ4n) is 4.46. The van der Waals surface area contributed by atoms with Crippen molar-refractivity contribution in [2.75, 3.05) is 20.3 Å². The summed E-state index contributed by atoms with van der Waals surface area (Å²) in [7, 11) is 1.58. The van der Waals surface area contributed by atoms with Gasteiger partial charge in [-0.25, -0.2) is 4.79 Å². The molecule has 1 aliphatic carbocycles. The molecule has 0 fully saturated rings. The summed E-state index contributed by atoms with van der Waals surface area (Å²) in [5, 5.41) is 0. The molecule has 0 spiro atoms. The Hall–Kier alpha value is -4.72. The SMILES string of the molecule is C=Cc1ccc(COC2=CC=C(C=Nc3ccc(OC(=O)c4ccc(OCCCCOC(C=C)OC)cc4)cc3C)CC2)cc1. The number of allylic oxidation sites excluding steroid dienone is 4. The largest absolute Gasteiger partial charge is 0.494 e. The third-order valence-corrected chi connectivity index (χ3v) is 7.14. The molecule has 7 nitrogen and oxygen atoms in total. The van der Waals surface area contributed by atoms with E-state index in [0.29, 0.717) is 36.9 Å². The molecule has 1 unspecified atom stereocenters. The summed E-state index contributed by atoms with van der Waals surface area (Å²) in [6.07, 6.45) is 12.3. The number of ether oxygens (including phenoxy) is 5. The van der Waals surface area contributed by atoms with E-state index < -0.39 is 5.97 Å². The maximum atomic E-state index is 12.7. The Labute approximate surface area is 266 Å². The number of nitrogens with zero attached hydrogens (tertiary/aromatic N) is 1. The van der Waals surface area contributed by atoms with E-state index >= 15 is 0 Å². The van der Waals surface area contributed by atoms with Crippen molar-refractivity contribution < 1.29 is 28.5 Å². The average molecular weight is 608 g/mol. The normalized spacial score (nSPS) is 13.5. The number of hydrogen-bond donors (Lipinski definition) is 0. The fraction of sp³-hybridized carbons (Fsp3) is 0.263. The zero-order valence-electron chi connectivity index (χ0n) is 26.1. The second-order valence-electron chi connectivity index (χ2n) is 10.5. The quantitative estimate of drug-likeness (QED) is 0.0382. The molecule has 0 saturated carbocycles. The van der Waals surface area contributed by atoms with Crippen LogP contribution in [0.5, 0.6) is 11.5 Å². The van der Waals surface area contributed by atoms with E-state index in [9.17, 15) is 4.79 Å². The molecule has 1 atom stereocenters. The van der Waals surface area contributed by atoms with E-state index in [1.165, 1.54) is 0 Å². The summed E-state index contributed by atoms with van der Waals surface area (Å²) in [4.78, 5) is 17.4. The molecule has 1 aliphatic rings. The third kappa shape index (κ3) is 10.7. The Morgan fingerprint density at radius 2 is 1.67 bits per heavy atom. The molecule has 0 amide bonds. The van der Waals surface area contributed by atoms with Gasteiger partial charge in [0.15, 0.2) is 6.29 Å². The Morgan fingerprint density at radius 3 is 2.33 bits per heavy atom. The van der Waals surface area contributed by atoms with Crippen LogP contribution in [0.3, 0.4) is 0 Å². The first-order valence-electron chi connectivity index (χ1n) is 15.1. The summed E-state index contributed by atoms with van der Waals surface area (Å²) in [6.45, 7) is 11.0. The van der Waals surface area contributed by atoms with Crippen molar-refractivity contribution in [3.63, 3.8) is 0 Å². The van der Waals surface area contributed by atoms with Crippen LogP contribution >= 0.6 is 0 Å². The summed E-state index contributed by atoms with van der Waals surface area (Å²) in [5.41, 5.74) is 5.51. The van der Waals surface area contributed by atoms with Crippen molar-refractivity contribution in [2.24, 2.45) is 4.99 Å². The van der Waals surface area contributed by atoms with Crippen molar-refractivity contribution >= 4 is 23.9 Å². The van der Waals surface area contributed by atoms with E-state index in [-0.39, 0.29) is 6.29 Å². The van der Waals surface area contributed by atoms with Gasteiger partial charge < -0.3 is 23.7 Å². The molecule has 4 rings (SSSR count). The van der Waals surface area contributed by atoms with Gasteiger partial charge in [-0.2, -0.15) is 0 Å². The highest BCUT2D eigenvalue weighted by Gasteiger charge is 2.11. The van der Waals surface area contributed by atoms with Crippen LogP contribution in [0.2, 0.25) is 0 Å². The van der Waals surface area contributed by atoms with E-state index in [2.05, 4.69) is 30.3 Å². The predicted molar refractivity (Wildman–Crippen MR) is 179 cm³/mol. The van der Waals surface area contributed by atoms with Crippen LogP contribution in [0, 0.1) is 6.92 Å². The molecule has 0 saturated heterocycles. The number of unbranched alkanes of at least 4 members (excludes halogenated alkanes) is 1. The number of carbonyl (C=O) groups excluding carboxylic acids is 1. The van der Waals surface area contributed by atoms with Gasteiger partial charge in [0.05, 0.1) is 30.2 Å². The predicted octanol–water partition coefficient (Wildman–Crippen LogP) is 8.71. The van der Waals surface area contributed by atoms with Crippen molar-refractivity contribution in [1.29, 1.82) is 0 Å². The number of carbonyl (C=O) groups is 1. The second kappa shape index (κ2) is 17.5. The van der Waals surface area contributed by atoms with Crippen LogP contribution in [-0.2, 0) is 20.8 Å². The second-order valence-corrected chi connectivity index (χ2v) is 10.5. The van der Waals surface area contributed by atoms with Gasteiger partial charge in [-0.15, -0.1) is 0 Å². The number of hydrogen-bond acceptors (Lipinski definition) is 7. The first-order chi connectivity index (χ1) is 22.0. The van der Waals surface area contributed by atoms with Gasteiger partial charge >= 0.3 is 5.97 Å². The molecule has 3 aromatic carbocycles. The number of aryl methyl sites for hydroxylation is 1. The van der Waals surface area contributed by atoms with Gasteiger partial charge in [0, 0.05) is 19.7 Å². The van der Waals surface area contributed by atoms with Crippen LogP contribution < -0.4 is 9.47 Å². The summed E-state index contributed by atoms with van der Waals surface area (Å²) >= 11 is 0. The van der Waals surface area contributed by atoms with Crippen LogP contribution in [-0.4, -0.2) is 38.8 Å². The Balaban J connectivity index is 1.21. The summed E-state index contributed by atoms with van der Waals surface area (Å²) < 4.78 is 27.9. The standard InChI is InChI=1S/C38H41NO6/c1-5-29-9-11-31(12-10-29)27-44-34-17-13-30(14-18-34)26-39-36-22-21-35(25-28(36)3)45-38(40)32-15-19-33(20-16-32)42-23-7-8-24-43-37(6-2)41-4/h5-6,9-13,15-17,19-22,25-26,37H,1-2,7-8,14,18,23-24,27H2,3-4H3. The number of rotatable bonds is 17. The highest BCUT2D eigenvalue weighted by molar-refractivity contribution is 5.91. The highest BCUT2D eigenvalue weighted by Crippen LogP contribution is 2.26. The monoisotopic (exact) mass is 607 g/mol. The molecule has 0 bridgehead atoms. The zero-order valence-corrected chi connectivity index (χ0v) is 26.1. The number of benzene rings is 3. The molecular formula is C38H41NO6. The topological polar surface area (TPSA) is 75.6 Å². The molecule has 0 heterocycles. The number of methoxy groups -OCH3 is 1. The van der Waals surface area contributed by atoms with Gasteiger partial charge in [-0.1, -0.05) is 49.6 Å². The zero-order chi connectivity index (χ0) is 31.9. The minimum atomic E-state index is -0.435. The average Bonchev–Trinajstić information content (AvgIpc) is 3.07. The molecule has 3 aromatic rings. The van der Waals surface area contributed by atoms with Crippen LogP contribution in [0.15, 0.2) is 114 Å². The highest BCUT2D eigenvalue weighted by atomic mass is 16.7. The lowest BCUT2D eigenvalue weighted by Gasteiger charge is -2.14. The molecule has 0 radical (unpaired) electrons. The first-order valence-corrected chi connectivity index (χ1v) is 15.1. The first kappa shape index (κ1) is 33.2. The summed E-state index contributed by atoms with van der Waals surface area (Å²) in [6, 6.07) is 20.5. The van der Waals surface area contributed by atoms with Crippen molar-refractivity contribution in [2.45, 2.75) is 45.5 Å². The molecule has 0 aromatic heterocycles. The van der Waals surface area contributed by atoms with Gasteiger partial charge in [0.2, 0.25) is 0 Å². The van der Waals surface area contributed by atoms with E-state index in [0.717, 1.165) is 59.4 Å². The maximum Gasteiger partial charge on any atom is 0.343 e.